The van der Waals surface area contributed by atoms with Crippen LogP contribution in [0.1, 0.15) is 35.4 Å². The highest BCUT2D eigenvalue weighted by molar-refractivity contribution is 6.04. The number of rotatable bonds is 5. The molecule has 0 aromatic heterocycles. The third-order valence-electron chi connectivity index (χ3n) is 4.17. The maximum Gasteiger partial charge on any atom is 0.417 e. The Balaban J connectivity index is 1.95. The Labute approximate surface area is 151 Å². The van der Waals surface area contributed by atoms with Gasteiger partial charge in [0.25, 0.3) is 5.91 Å². The standard InChI is InChI=1S/C20H19NO5/c1-2-17(22)26-18(14-9-5-3-6-10-14)16-13-25-20(24)21(16)19(23)15-11-7-4-8-12-15/h3-12,16,18H,2,13H2,1H3/t16-,18-/m0/s1. The molecule has 0 bridgehead atoms. The molecule has 0 N–H and O–H groups in total. The third-order valence-corrected chi connectivity index (χ3v) is 4.17. The number of carbonyl (C=O) groups excluding carboxylic acids is 3. The summed E-state index contributed by atoms with van der Waals surface area (Å²) in [6.45, 7) is 1.65. The fourth-order valence-corrected chi connectivity index (χ4v) is 2.85. The molecule has 0 radical (unpaired) electrons. The van der Waals surface area contributed by atoms with Crippen LogP contribution in [-0.4, -0.2) is 35.5 Å². The van der Waals surface area contributed by atoms with Crippen LogP contribution < -0.4 is 0 Å². The third kappa shape index (κ3) is 3.59. The predicted octanol–water partition coefficient (Wildman–Crippen LogP) is 3.34. The van der Waals surface area contributed by atoms with Crippen LogP contribution in [0.3, 0.4) is 0 Å². The smallest absolute Gasteiger partial charge is 0.417 e. The molecule has 0 spiro atoms. The number of amides is 2. The molecule has 1 saturated heterocycles. The number of imide groups is 1. The Hall–Kier alpha value is -3.15. The molecular weight excluding hydrogens is 334 g/mol. The van der Waals surface area contributed by atoms with E-state index in [0.717, 1.165) is 4.90 Å². The number of ether oxygens (including phenoxy) is 2. The summed E-state index contributed by atoms with van der Waals surface area (Å²) in [4.78, 5) is 38.0. The van der Waals surface area contributed by atoms with Crippen LogP contribution in [0, 0.1) is 0 Å². The van der Waals surface area contributed by atoms with Gasteiger partial charge >= 0.3 is 12.1 Å². The van der Waals surface area contributed by atoms with Crippen LogP contribution in [0.2, 0.25) is 0 Å². The van der Waals surface area contributed by atoms with Crippen LogP contribution >= 0.6 is 0 Å². The molecule has 134 valence electrons. The molecule has 26 heavy (non-hydrogen) atoms. The van der Waals surface area contributed by atoms with Gasteiger partial charge in [-0.25, -0.2) is 9.69 Å². The Morgan fingerprint density at radius 2 is 1.73 bits per heavy atom. The van der Waals surface area contributed by atoms with Crippen LogP contribution in [0.15, 0.2) is 60.7 Å². The molecule has 1 aliphatic rings. The van der Waals surface area contributed by atoms with Gasteiger partial charge in [0.05, 0.1) is 0 Å². The fourth-order valence-electron chi connectivity index (χ4n) is 2.85. The zero-order valence-electron chi connectivity index (χ0n) is 14.3. The molecule has 2 aromatic carbocycles. The zero-order valence-corrected chi connectivity index (χ0v) is 14.3. The number of hydrogen-bond acceptors (Lipinski definition) is 5. The Bertz CT molecular complexity index is 790. The van der Waals surface area contributed by atoms with Gasteiger partial charge in [0.1, 0.15) is 12.6 Å². The van der Waals surface area contributed by atoms with Gasteiger partial charge in [-0.3, -0.25) is 9.59 Å². The van der Waals surface area contributed by atoms with E-state index in [-0.39, 0.29) is 13.0 Å². The highest BCUT2D eigenvalue weighted by Gasteiger charge is 2.44. The molecule has 0 aliphatic carbocycles. The SMILES string of the molecule is CCC(=O)O[C@@H](c1ccccc1)[C@@H]1COC(=O)N1C(=O)c1ccccc1. The van der Waals surface area contributed by atoms with Crippen LogP contribution in [-0.2, 0) is 14.3 Å². The maximum absolute atomic E-state index is 12.8. The summed E-state index contributed by atoms with van der Waals surface area (Å²) in [6, 6.07) is 16.8. The van der Waals surface area contributed by atoms with Crippen molar-refractivity contribution < 1.29 is 23.9 Å². The lowest BCUT2D eigenvalue weighted by Gasteiger charge is -2.28. The van der Waals surface area contributed by atoms with Gasteiger partial charge in [-0.1, -0.05) is 55.5 Å². The summed E-state index contributed by atoms with van der Waals surface area (Å²) in [5, 5.41) is 0. The highest BCUT2D eigenvalue weighted by atomic mass is 16.6. The van der Waals surface area contributed by atoms with Crippen LogP contribution in [0.25, 0.3) is 0 Å². The van der Waals surface area contributed by atoms with Gasteiger partial charge in [-0.05, 0) is 17.7 Å². The zero-order chi connectivity index (χ0) is 18.5. The second-order valence-electron chi connectivity index (χ2n) is 5.86. The van der Waals surface area contributed by atoms with Crippen LogP contribution in [0.4, 0.5) is 4.79 Å². The lowest BCUT2D eigenvalue weighted by Crippen LogP contribution is -2.43. The Kier molecular flexibility index (Phi) is 5.31. The summed E-state index contributed by atoms with van der Waals surface area (Å²) in [7, 11) is 0. The average Bonchev–Trinajstić information content (AvgIpc) is 3.07. The van der Waals surface area contributed by atoms with Crippen molar-refractivity contribution in [1.29, 1.82) is 0 Å². The maximum atomic E-state index is 12.8. The molecule has 0 saturated carbocycles. The van der Waals surface area contributed by atoms with E-state index in [1.54, 1.807) is 49.4 Å². The van der Waals surface area contributed by atoms with Crippen molar-refractivity contribution in [3.05, 3.63) is 71.8 Å². The van der Waals surface area contributed by atoms with Crippen molar-refractivity contribution >= 4 is 18.0 Å². The van der Waals surface area contributed by atoms with Crippen molar-refractivity contribution in [2.45, 2.75) is 25.5 Å². The number of hydrogen-bond donors (Lipinski definition) is 0. The molecule has 2 atom stereocenters. The second-order valence-corrected chi connectivity index (χ2v) is 5.86. The summed E-state index contributed by atoms with van der Waals surface area (Å²) in [5.41, 5.74) is 1.06. The molecule has 1 fully saturated rings. The first-order chi connectivity index (χ1) is 12.6. The molecule has 3 rings (SSSR count). The van der Waals surface area contributed by atoms with Gasteiger partial charge in [0.2, 0.25) is 0 Å². The number of carbonyl (C=O) groups is 3. The van der Waals surface area contributed by atoms with Crippen molar-refractivity contribution in [3.8, 4) is 0 Å². The van der Waals surface area contributed by atoms with E-state index < -0.39 is 30.1 Å². The van der Waals surface area contributed by atoms with E-state index in [4.69, 9.17) is 9.47 Å². The molecule has 6 nitrogen and oxygen atoms in total. The van der Waals surface area contributed by atoms with E-state index in [1.165, 1.54) is 0 Å². The average molecular weight is 353 g/mol. The lowest BCUT2D eigenvalue weighted by atomic mass is 10.0. The van der Waals surface area contributed by atoms with Gasteiger partial charge < -0.3 is 9.47 Å². The number of nitrogens with zero attached hydrogens (tertiary/aromatic N) is 1. The fraction of sp³-hybridized carbons (Fsp3) is 0.250. The second kappa shape index (κ2) is 7.82. The minimum Gasteiger partial charge on any atom is -0.455 e. The largest absolute Gasteiger partial charge is 0.455 e. The molecule has 1 aliphatic heterocycles. The van der Waals surface area contributed by atoms with E-state index in [2.05, 4.69) is 0 Å². The molecule has 1 heterocycles. The summed E-state index contributed by atoms with van der Waals surface area (Å²) in [5.74, 6) is -0.892. The summed E-state index contributed by atoms with van der Waals surface area (Å²) in [6.07, 6.45) is -1.34. The summed E-state index contributed by atoms with van der Waals surface area (Å²) < 4.78 is 10.7. The first-order valence-electron chi connectivity index (χ1n) is 8.41. The Morgan fingerprint density at radius 1 is 1.12 bits per heavy atom. The molecule has 2 aromatic rings. The van der Waals surface area contributed by atoms with Crippen molar-refractivity contribution in [3.63, 3.8) is 0 Å². The molecule has 0 unspecified atom stereocenters. The van der Waals surface area contributed by atoms with Crippen molar-refractivity contribution in [1.82, 2.24) is 4.90 Å². The Morgan fingerprint density at radius 3 is 2.35 bits per heavy atom. The number of esters is 1. The molecular formula is C20H19NO5. The first kappa shape index (κ1) is 17.7. The van der Waals surface area contributed by atoms with Crippen molar-refractivity contribution in [2.24, 2.45) is 0 Å². The monoisotopic (exact) mass is 353 g/mol. The highest BCUT2D eigenvalue weighted by Crippen LogP contribution is 2.31. The van der Waals surface area contributed by atoms with Gasteiger partial charge in [-0.15, -0.1) is 0 Å². The van der Waals surface area contributed by atoms with Gasteiger partial charge in [0.15, 0.2) is 6.10 Å². The van der Waals surface area contributed by atoms with Gasteiger partial charge in [-0.2, -0.15) is 0 Å². The minimum absolute atomic E-state index is 0.0338. The van der Waals surface area contributed by atoms with E-state index in [0.29, 0.717) is 11.1 Å². The number of benzene rings is 2. The minimum atomic E-state index is -0.789. The molecule has 2 amide bonds. The lowest BCUT2D eigenvalue weighted by molar-refractivity contribution is -0.151. The summed E-state index contributed by atoms with van der Waals surface area (Å²) >= 11 is 0. The van der Waals surface area contributed by atoms with E-state index in [9.17, 15) is 14.4 Å². The predicted molar refractivity (Wildman–Crippen MR) is 93.3 cm³/mol. The van der Waals surface area contributed by atoms with E-state index in [1.807, 2.05) is 18.2 Å². The van der Waals surface area contributed by atoms with Crippen LogP contribution in [0.5, 0.6) is 0 Å². The van der Waals surface area contributed by atoms with Gasteiger partial charge in [0, 0.05) is 12.0 Å². The normalized spacial score (nSPS) is 17.5. The molecule has 6 heteroatoms. The number of cyclic esters (lactones) is 1. The quantitative estimate of drug-likeness (QED) is 0.771. The van der Waals surface area contributed by atoms with E-state index >= 15 is 0 Å². The van der Waals surface area contributed by atoms with Crippen molar-refractivity contribution in [2.75, 3.05) is 6.61 Å². The first-order valence-corrected chi connectivity index (χ1v) is 8.41. The topological polar surface area (TPSA) is 72.9 Å².